The van der Waals surface area contributed by atoms with Gasteiger partial charge in [0.1, 0.15) is 5.88 Å². The van der Waals surface area contributed by atoms with Crippen LogP contribution in [-0.2, 0) is 17.6 Å². The largest absolute Gasteiger partial charge is 0.311 e. The number of fused-ring (bicyclic) bond motifs is 1. The summed E-state index contributed by atoms with van der Waals surface area (Å²) in [5.41, 5.74) is 3.61. The third-order valence-electron chi connectivity index (χ3n) is 2.87. The van der Waals surface area contributed by atoms with Gasteiger partial charge in [0.2, 0.25) is 5.91 Å². The minimum atomic E-state index is 0.0105. The third kappa shape index (κ3) is 1.74. The van der Waals surface area contributed by atoms with Crippen molar-refractivity contribution in [2.24, 2.45) is 0 Å². The summed E-state index contributed by atoms with van der Waals surface area (Å²) >= 11 is 5.60. The molecular weight excluding hydrogens is 210 g/mol. The predicted molar refractivity (Wildman–Crippen MR) is 62.6 cm³/mol. The van der Waals surface area contributed by atoms with Crippen LogP contribution in [-0.4, -0.2) is 18.3 Å². The van der Waals surface area contributed by atoms with Gasteiger partial charge in [-0.05, 0) is 24.0 Å². The molecule has 1 aromatic carbocycles. The average Bonchev–Trinajstić information content (AvgIpc) is 2.71. The first-order chi connectivity index (χ1) is 7.27. The maximum atomic E-state index is 11.6. The number of hydrogen-bond donors (Lipinski definition) is 0. The molecule has 0 bridgehead atoms. The Bertz CT molecular complexity index is 389. The minimum Gasteiger partial charge on any atom is -0.311 e. The van der Waals surface area contributed by atoms with Crippen molar-refractivity contribution in [3.8, 4) is 0 Å². The number of halogens is 1. The highest BCUT2D eigenvalue weighted by Crippen LogP contribution is 2.32. The van der Waals surface area contributed by atoms with E-state index in [0.29, 0.717) is 0 Å². The highest BCUT2D eigenvalue weighted by molar-refractivity contribution is 6.29. The molecule has 1 aliphatic rings. The number of rotatable bonds is 2. The zero-order valence-electron chi connectivity index (χ0n) is 8.79. The predicted octanol–water partition coefficient (Wildman–Crippen LogP) is 2.38. The molecule has 0 aromatic heterocycles. The van der Waals surface area contributed by atoms with E-state index in [1.165, 1.54) is 11.1 Å². The van der Waals surface area contributed by atoms with E-state index in [9.17, 15) is 4.79 Å². The zero-order valence-corrected chi connectivity index (χ0v) is 9.55. The van der Waals surface area contributed by atoms with Gasteiger partial charge in [0.15, 0.2) is 0 Å². The quantitative estimate of drug-likeness (QED) is 0.705. The van der Waals surface area contributed by atoms with Crippen molar-refractivity contribution >= 4 is 23.2 Å². The maximum Gasteiger partial charge on any atom is 0.241 e. The molecule has 0 atom stereocenters. The van der Waals surface area contributed by atoms with E-state index in [1.54, 1.807) is 0 Å². The van der Waals surface area contributed by atoms with Gasteiger partial charge in [0.25, 0.3) is 0 Å². The Morgan fingerprint density at radius 2 is 2.33 bits per heavy atom. The molecule has 0 unspecified atom stereocenters. The fraction of sp³-hybridized carbons (Fsp3) is 0.417. The summed E-state index contributed by atoms with van der Waals surface area (Å²) < 4.78 is 0. The Morgan fingerprint density at radius 3 is 3.00 bits per heavy atom. The van der Waals surface area contributed by atoms with E-state index in [0.717, 1.165) is 25.1 Å². The normalized spacial score (nSPS) is 14.1. The van der Waals surface area contributed by atoms with Crippen molar-refractivity contribution in [1.29, 1.82) is 0 Å². The summed E-state index contributed by atoms with van der Waals surface area (Å²) in [6, 6.07) is 6.24. The zero-order chi connectivity index (χ0) is 10.8. The van der Waals surface area contributed by atoms with E-state index < -0.39 is 0 Å². The van der Waals surface area contributed by atoms with Crippen molar-refractivity contribution in [2.45, 2.75) is 19.8 Å². The molecule has 0 N–H and O–H groups in total. The second kappa shape index (κ2) is 4.23. The molecule has 2 nitrogen and oxygen atoms in total. The molecule has 0 saturated heterocycles. The molecule has 1 amide bonds. The molecule has 0 fully saturated rings. The van der Waals surface area contributed by atoms with Crippen LogP contribution in [0, 0.1) is 0 Å². The van der Waals surface area contributed by atoms with Crippen LogP contribution in [0.2, 0.25) is 0 Å². The molecular formula is C12H14ClNO. The van der Waals surface area contributed by atoms with Crippen LogP contribution in [0.4, 0.5) is 5.69 Å². The molecule has 0 aliphatic carbocycles. The van der Waals surface area contributed by atoms with E-state index in [4.69, 9.17) is 11.6 Å². The lowest BCUT2D eigenvalue weighted by atomic mass is 10.1. The van der Waals surface area contributed by atoms with Crippen LogP contribution in [0.25, 0.3) is 0 Å². The molecule has 3 heteroatoms. The number of carbonyl (C=O) groups excluding carboxylic acids is 1. The summed E-state index contributed by atoms with van der Waals surface area (Å²) in [7, 11) is 0. The lowest BCUT2D eigenvalue weighted by Crippen LogP contribution is -2.30. The van der Waals surface area contributed by atoms with E-state index in [1.807, 2.05) is 4.90 Å². The smallest absolute Gasteiger partial charge is 0.241 e. The first kappa shape index (κ1) is 10.5. The number of benzene rings is 1. The number of aryl methyl sites for hydroxylation is 1. The van der Waals surface area contributed by atoms with Crippen LogP contribution in [0.1, 0.15) is 18.1 Å². The van der Waals surface area contributed by atoms with Crippen molar-refractivity contribution in [3.63, 3.8) is 0 Å². The SMILES string of the molecule is CCc1cccc2c1N(C(=O)CCl)CC2. The topological polar surface area (TPSA) is 20.3 Å². The van der Waals surface area contributed by atoms with E-state index in [-0.39, 0.29) is 11.8 Å². The highest BCUT2D eigenvalue weighted by Gasteiger charge is 2.25. The van der Waals surface area contributed by atoms with Crippen molar-refractivity contribution in [3.05, 3.63) is 29.3 Å². The Kier molecular flexibility index (Phi) is 2.96. The van der Waals surface area contributed by atoms with Gasteiger partial charge < -0.3 is 4.90 Å². The summed E-state index contributed by atoms with van der Waals surface area (Å²) in [4.78, 5) is 13.5. The Morgan fingerprint density at radius 1 is 1.53 bits per heavy atom. The van der Waals surface area contributed by atoms with Gasteiger partial charge in [0, 0.05) is 6.54 Å². The molecule has 2 rings (SSSR count). The maximum absolute atomic E-state index is 11.6. The van der Waals surface area contributed by atoms with Gasteiger partial charge in [-0.25, -0.2) is 0 Å². The summed E-state index contributed by atoms with van der Waals surface area (Å²) in [6.07, 6.45) is 1.90. The molecule has 80 valence electrons. The lowest BCUT2D eigenvalue weighted by Gasteiger charge is -2.18. The monoisotopic (exact) mass is 223 g/mol. The van der Waals surface area contributed by atoms with Crippen molar-refractivity contribution < 1.29 is 4.79 Å². The number of carbonyl (C=O) groups is 1. The first-order valence-corrected chi connectivity index (χ1v) is 5.78. The number of nitrogens with zero attached hydrogens (tertiary/aromatic N) is 1. The Hall–Kier alpha value is -1.02. The lowest BCUT2D eigenvalue weighted by molar-refractivity contribution is -0.116. The van der Waals surface area contributed by atoms with Gasteiger partial charge in [-0.1, -0.05) is 25.1 Å². The average molecular weight is 224 g/mol. The number of amides is 1. The number of para-hydroxylation sites is 1. The second-order valence-electron chi connectivity index (χ2n) is 3.71. The fourth-order valence-corrected chi connectivity index (χ4v) is 2.29. The van der Waals surface area contributed by atoms with Crippen LogP contribution in [0.3, 0.4) is 0 Å². The highest BCUT2D eigenvalue weighted by atomic mass is 35.5. The van der Waals surface area contributed by atoms with Crippen LogP contribution in [0.15, 0.2) is 18.2 Å². The standard InChI is InChI=1S/C12H14ClNO/c1-2-9-4-3-5-10-6-7-14(12(9)10)11(15)8-13/h3-5H,2,6-8H2,1H3. The van der Waals surface area contributed by atoms with Crippen LogP contribution >= 0.6 is 11.6 Å². The van der Waals surface area contributed by atoms with Gasteiger partial charge >= 0.3 is 0 Å². The van der Waals surface area contributed by atoms with Gasteiger partial charge in [-0.15, -0.1) is 11.6 Å². The van der Waals surface area contributed by atoms with E-state index in [2.05, 4.69) is 25.1 Å². The minimum absolute atomic E-state index is 0.0105. The second-order valence-corrected chi connectivity index (χ2v) is 3.97. The number of hydrogen-bond acceptors (Lipinski definition) is 1. The third-order valence-corrected chi connectivity index (χ3v) is 3.10. The van der Waals surface area contributed by atoms with Crippen molar-refractivity contribution in [1.82, 2.24) is 0 Å². The summed E-state index contributed by atoms with van der Waals surface area (Å²) in [5.74, 6) is 0.0774. The van der Waals surface area contributed by atoms with Gasteiger partial charge in [0.05, 0.1) is 5.69 Å². The van der Waals surface area contributed by atoms with Crippen LogP contribution in [0.5, 0.6) is 0 Å². The van der Waals surface area contributed by atoms with Crippen LogP contribution < -0.4 is 4.90 Å². The Labute approximate surface area is 94.8 Å². The number of alkyl halides is 1. The van der Waals surface area contributed by atoms with E-state index >= 15 is 0 Å². The Balaban J connectivity index is 2.43. The first-order valence-electron chi connectivity index (χ1n) is 5.25. The molecule has 0 spiro atoms. The molecule has 15 heavy (non-hydrogen) atoms. The molecule has 1 aliphatic heterocycles. The molecule has 0 radical (unpaired) electrons. The molecule has 0 saturated carbocycles. The summed E-state index contributed by atoms with van der Waals surface area (Å²) in [5, 5.41) is 0. The fourth-order valence-electron chi connectivity index (χ4n) is 2.14. The van der Waals surface area contributed by atoms with Crippen molar-refractivity contribution in [2.75, 3.05) is 17.3 Å². The molecule has 1 aromatic rings. The van der Waals surface area contributed by atoms with Gasteiger partial charge in [-0.2, -0.15) is 0 Å². The number of anilines is 1. The summed E-state index contributed by atoms with van der Waals surface area (Å²) in [6.45, 7) is 2.88. The molecule has 1 heterocycles. The van der Waals surface area contributed by atoms with Gasteiger partial charge in [-0.3, -0.25) is 4.79 Å².